The molecule has 5 nitrogen and oxygen atoms in total. The number of fused-ring (bicyclic) bond motifs is 2. The lowest BCUT2D eigenvalue weighted by Crippen LogP contribution is -2.50. The molecular weight excluding hydrogens is 429 g/mol. The van der Waals surface area contributed by atoms with Crippen molar-refractivity contribution < 1.29 is 13.9 Å². The summed E-state index contributed by atoms with van der Waals surface area (Å²) in [6.07, 6.45) is 1.02. The first-order chi connectivity index (χ1) is 16.4. The number of rotatable bonds is 5. The number of halogens is 1. The number of anilines is 1. The molecule has 34 heavy (non-hydrogen) atoms. The van der Waals surface area contributed by atoms with Crippen LogP contribution in [-0.2, 0) is 0 Å². The maximum atomic E-state index is 13.0. The highest BCUT2D eigenvalue weighted by atomic mass is 19.1. The first kappa shape index (κ1) is 22.4. The van der Waals surface area contributed by atoms with Gasteiger partial charge in [0.15, 0.2) is 0 Å². The van der Waals surface area contributed by atoms with Crippen LogP contribution in [0.2, 0.25) is 0 Å². The van der Waals surface area contributed by atoms with E-state index in [2.05, 4.69) is 49.2 Å². The Hall–Kier alpha value is -3.38. The van der Waals surface area contributed by atoms with Crippen molar-refractivity contribution in [2.24, 2.45) is 0 Å². The molecule has 2 saturated heterocycles. The number of carbonyl (C=O) groups excluding carboxylic acids is 1. The van der Waals surface area contributed by atoms with Crippen molar-refractivity contribution in [3.05, 3.63) is 89.2 Å². The highest BCUT2D eigenvalue weighted by molar-refractivity contribution is 5.90. The lowest BCUT2D eigenvalue weighted by Gasteiger charge is -2.38. The van der Waals surface area contributed by atoms with Crippen LogP contribution < -0.4 is 10.1 Å². The number of nitrogens with one attached hydrogen (secondary N) is 1. The van der Waals surface area contributed by atoms with Crippen LogP contribution in [-0.4, -0.2) is 41.0 Å². The molecule has 3 atom stereocenters. The third-order valence-electron chi connectivity index (χ3n) is 7.07. The van der Waals surface area contributed by atoms with Gasteiger partial charge in [-0.05, 0) is 86.8 Å². The minimum atomic E-state index is -0.302. The van der Waals surface area contributed by atoms with E-state index in [0.717, 1.165) is 25.2 Å². The number of likely N-dealkylation sites (tertiary alicyclic amines) is 2. The first-order valence-corrected chi connectivity index (χ1v) is 11.8. The summed E-state index contributed by atoms with van der Waals surface area (Å²) >= 11 is 0. The number of nitrogens with zero attached hydrogens (tertiary/aromatic N) is 2. The second-order valence-electron chi connectivity index (χ2n) is 9.44. The van der Waals surface area contributed by atoms with E-state index in [1.807, 2.05) is 17.0 Å². The van der Waals surface area contributed by atoms with Gasteiger partial charge in [0.05, 0.1) is 0 Å². The molecule has 176 valence electrons. The summed E-state index contributed by atoms with van der Waals surface area (Å²) in [5.41, 5.74) is 4.71. The zero-order valence-electron chi connectivity index (χ0n) is 19.8. The number of aryl methyl sites for hydroxylation is 2. The van der Waals surface area contributed by atoms with Crippen molar-refractivity contribution in [2.45, 2.75) is 45.3 Å². The van der Waals surface area contributed by atoms with E-state index in [-0.39, 0.29) is 17.9 Å². The fraction of sp³-hybridized carbons (Fsp3) is 0.321. The van der Waals surface area contributed by atoms with E-state index < -0.39 is 0 Å². The third-order valence-corrected chi connectivity index (χ3v) is 7.07. The van der Waals surface area contributed by atoms with Crippen LogP contribution in [0.1, 0.15) is 36.1 Å². The largest absolute Gasteiger partial charge is 0.457 e. The SMILES string of the molecule is Cc1ccc(C(C)N2CC3CC2CN3C(=O)Nc2ccc(Oc3ccc(F)cc3)cc2)c(C)c1. The van der Waals surface area contributed by atoms with Crippen LogP contribution in [0, 0.1) is 19.7 Å². The quantitative estimate of drug-likeness (QED) is 0.488. The van der Waals surface area contributed by atoms with Gasteiger partial charge in [0, 0.05) is 36.9 Å². The summed E-state index contributed by atoms with van der Waals surface area (Å²) in [7, 11) is 0. The van der Waals surface area contributed by atoms with Crippen molar-refractivity contribution in [1.29, 1.82) is 0 Å². The number of ether oxygens (including phenoxy) is 1. The molecule has 3 aromatic rings. The van der Waals surface area contributed by atoms with E-state index in [1.54, 1.807) is 24.3 Å². The van der Waals surface area contributed by atoms with Gasteiger partial charge in [-0.25, -0.2) is 9.18 Å². The fourth-order valence-electron chi connectivity index (χ4n) is 5.33. The molecule has 2 aliphatic heterocycles. The van der Waals surface area contributed by atoms with Crippen molar-refractivity contribution >= 4 is 11.7 Å². The fourth-order valence-corrected chi connectivity index (χ4v) is 5.33. The first-order valence-electron chi connectivity index (χ1n) is 11.8. The third kappa shape index (κ3) is 4.50. The number of amides is 2. The molecule has 6 heteroatoms. The summed E-state index contributed by atoms with van der Waals surface area (Å²) < 4.78 is 18.8. The van der Waals surface area contributed by atoms with Crippen molar-refractivity contribution in [3.63, 3.8) is 0 Å². The Kier molecular flexibility index (Phi) is 6.00. The molecule has 2 bridgehead atoms. The summed E-state index contributed by atoms with van der Waals surface area (Å²) in [4.78, 5) is 17.5. The number of hydrogen-bond acceptors (Lipinski definition) is 3. The Labute approximate surface area is 200 Å². The van der Waals surface area contributed by atoms with Gasteiger partial charge in [-0.1, -0.05) is 23.8 Å². The predicted octanol–water partition coefficient (Wildman–Crippen LogP) is 6.29. The molecule has 3 aromatic carbocycles. The summed E-state index contributed by atoms with van der Waals surface area (Å²) in [6, 6.07) is 20.7. The van der Waals surface area contributed by atoms with E-state index in [4.69, 9.17) is 4.74 Å². The Morgan fingerprint density at radius 1 is 0.971 bits per heavy atom. The molecule has 2 amide bonds. The van der Waals surface area contributed by atoms with Crippen LogP contribution in [0.5, 0.6) is 11.5 Å². The van der Waals surface area contributed by atoms with Gasteiger partial charge >= 0.3 is 6.03 Å². The summed E-state index contributed by atoms with van der Waals surface area (Å²) in [5, 5.41) is 3.02. The summed E-state index contributed by atoms with van der Waals surface area (Å²) in [6.45, 7) is 8.23. The van der Waals surface area contributed by atoms with Gasteiger partial charge < -0.3 is 15.0 Å². The topological polar surface area (TPSA) is 44.8 Å². The highest BCUT2D eigenvalue weighted by Crippen LogP contribution is 2.38. The van der Waals surface area contributed by atoms with Crippen LogP contribution in [0.4, 0.5) is 14.9 Å². The Morgan fingerprint density at radius 3 is 2.26 bits per heavy atom. The van der Waals surface area contributed by atoms with Gasteiger partial charge in [-0.2, -0.15) is 0 Å². The average Bonchev–Trinajstić information content (AvgIpc) is 3.43. The van der Waals surface area contributed by atoms with Crippen molar-refractivity contribution in [1.82, 2.24) is 9.80 Å². The van der Waals surface area contributed by atoms with E-state index in [9.17, 15) is 9.18 Å². The molecule has 0 spiro atoms. The molecule has 3 unspecified atom stereocenters. The normalized spacial score (nSPS) is 20.4. The average molecular weight is 460 g/mol. The molecule has 0 aromatic heterocycles. The van der Waals surface area contributed by atoms with Crippen LogP contribution in [0.25, 0.3) is 0 Å². The molecule has 5 rings (SSSR count). The molecule has 2 fully saturated rings. The highest BCUT2D eigenvalue weighted by Gasteiger charge is 2.46. The van der Waals surface area contributed by atoms with Crippen LogP contribution in [0.15, 0.2) is 66.7 Å². The Morgan fingerprint density at radius 2 is 1.65 bits per heavy atom. The van der Waals surface area contributed by atoms with E-state index >= 15 is 0 Å². The van der Waals surface area contributed by atoms with Gasteiger partial charge in [-0.3, -0.25) is 4.90 Å². The monoisotopic (exact) mass is 459 g/mol. The molecular formula is C28H30FN3O2. The van der Waals surface area contributed by atoms with Gasteiger partial charge in [0.2, 0.25) is 0 Å². The molecule has 0 radical (unpaired) electrons. The maximum absolute atomic E-state index is 13.0. The maximum Gasteiger partial charge on any atom is 0.322 e. The van der Waals surface area contributed by atoms with Crippen LogP contribution >= 0.6 is 0 Å². The van der Waals surface area contributed by atoms with Gasteiger partial charge in [-0.15, -0.1) is 0 Å². The Balaban J connectivity index is 1.17. The minimum Gasteiger partial charge on any atom is -0.457 e. The zero-order chi connectivity index (χ0) is 23.8. The molecule has 2 aliphatic rings. The number of urea groups is 1. The van der Waals surface area contributed by atoms with E-state index in [1.165, 1.54) is 28.8 Å². The number of carbonyl (C=O) groups is 1. The molecule has 2 heterocycles. The molecule has 0 aliphatic carbocycles. The van der Waals surface area contributed by atoms with Gasteiger partial charge in [0.25, 0.3) is 0 Å². The number of benzene rings is 3. The molecule has 1 N–H and O–H groups in total. The predicted molar refractivity (Wildman–Crippen MR) is 132 cm³/mol. The summed E-state index contributed by atoms with van der Waals surface area (Å²) in [5.74, 6) is 0.885. The number of hydrogen-bond donors (Lipinski definition) is 1. The zero-order valence-corrected chi connectivity index (χ0v) is 19.8. The van der Waals surface area contributed by atoms with Gasteiger partial charge in [0.1, 0.15) is 17.3 Å². The minimum absolute atomic E-state index is 0.0569. The Bertz CT molecular complexity index is 1180. The van der Waals surface area contributed by atoms with E-state index in [0.29, 0.717) is 23.6 Å². The lowest BCUT2D eigenvalue weighted by molar-refractivity contribution is 0.115. The second-order valence-corrected chi connectivity index (χ2v) is 9.44. The lowest BCUT2D eigenvalue weighted by atomic mass is 9.98. The molecule has 0 saturated carbocycles. The van der Waals surface area contributed by atoms with Crippen molar-refractivity contribution in [3.8, 4) is 11.5 Å². The smallest absolute Gasteiger partial charge is 0.322 e. The second kappa shape index (κ2) is 9.11. The van der Waals surface area contributed by atoms with Crippen molar-refractivity contribution in [2.75, 3.05) is 18.4 Å². The van der Waals surface area contributed by atoms with Crippen LogP contribution in [0.3, 0.4) is 0 Å². The standard InChI is InChI=1S/C28H30FN3O2/c1-18-4-13-27(19(2)14-18)20(3)31-16-24-15-23(31)17-32(24)28(33)30-22-7-11-26(12-8-22)34-25-9-5-21(29)6-10-25/h4-14,20,23-24H,15-17H2,1-3H3,(H,30,33). The number of piperazine rings is 1.